The van der Waals surface area contributed by atoms with Crippen LogP contribution in [0.2, 0.25) is 0 Å². The molecule has 1 unspecified atom stereocenters. The maximum atomic E-state index is 12.5. The molecule has 0 fully saturated rings. The second-order valence-electron chi connectivity index (χ2n) is 6.91. The summed E-state index contributed by atoms with van der Waals surface area (Å²) in [5, 5.41) is 0. The third kappa shape index (κ3) is 8.29. The molecule has 0 spiro atoms. The van der Waals surface area contributed by atoms with E-state index in [0.29, 0.717) is 13.0 Å². The SMILES string of the molecule is CC(C)N(CC(F)(F)F)C(=O)CCC(CCN)C(C)(C)C. The number of amides is 1. The Morgan fingerprint density at radius 1 is 1.14 bits per heavy atom. The average molecular weight is 310 g/mol. The lowest BCUT2D eigenvalue weighted by atomic mass is 9.76. The summed E-state index contributed by atoms with van der Waals surface area (Å²) < 4.78 is 37.6. The van der Waals surface area contributed by atoms with E-state index in [0.717, 1.165) is 11.3 Å². The van der Waals surface area contributed by atoms with Gasteiger partial charge in [-0.3, -0.25) is 4.79 Å². The van der Waals surface area contributed by atoms with E-state index < -0.39 is 24.7 Å². The van der Waals surface area contributed by atoms with Gasteiger partial charge in [0.05, 0.1) is 0 Å². The zero-order chi connectivity index (χ0) is 16.8. The molecule has 0 saturated carbocycles. The minimum atomic E-state index is -4.36. The Balaban J connectivity index is 4.69. The monoisotopic (exact) mass is 310 g/mol. The Morgan fingerprint density at radius 2 is 1.67 bits per heavy atom. The summed E-state index contributed by atoms with van der Waals surface area (Å²) in [5.41, 5.74) is 5.57. The molecule has 0 aliphatic carbocycles. The highest BCUT2D eigenvalue weighted by Crippen LogP contribution is 2.32. The highest BCUT2D eigenvalue weighted by molar-refractivity contribution is 5.76. The van der Waals surface area contributed by atoms with Crippen LogP contribution in [0.1, 0.15) is 53.9 Å². The van der Waals surface area contributed by atoms with Gasteiger partial charge in [-0.2, -0.15) is 13.2 Å². The number of nitrogens with two attached hydrogens (primary N) is 1. The highest BCUT2D eigenvalue weighted by atomic mass is 19.4. The molecule has 3 nitrogen and oxygen atoms in total. The van der Waals surface area contributed by atoms with Crippen LogP contribution in [0.25, 0.3) is 0 Å². The normalized spacial score (nSPS) is 14.4. The van der Waals surface area contributed by atoms with E-state index in [-0.39, 0.29) is 17.8 Å². The zero-order valence-electron chi connectivity index (χ0n) is 13.8. The molecule has 1 atom stereocenters. The first-order chi connectivity index (χ1) is 9.38. The van der Waals surface area contributed by atoms with E-state index in [9.17, 15) is 18.0 Å². The minimum Gasteiger partial charge on any atom is -0.331 e. The van der Waals surface area contributed by atoms with Crippen molar-refractivity contribution in [1.82, 2.24) is 4.90 Å². The summed E-state index contributed by atoms with van der Waals surface area (Å²) in [6.07, 6.45) is -2.88. The molecule has 0 aromatic rings. The quantitative estimate of drug-likeness (QED) is 0.781. The number of hydrogen-bond donors (Lipinski definition) is 1. The second kappa shape index (κ2) is 8.01. The molecule has 0 heterocycles. The van der Waals surface area contributed by atoms with Crippen LogP contribution >= 0.6 is 0 Å². The van der Waals surface area contributed by atoms with Crippen molar-refractivity contribution < 1.29 is 18.0 Å². The van der Waals surface area contributed by atoms with Gasteiger partial charge in [0.1, 0.15) is 6.54 Å². The zero-order valence-corrected chi connectivity index (χ0v) is 13.8. The van der Waals surface area contributed by atoms with Crippen LogP contribution in [0.5, 0.6) is 0 Å². The molecule has 0 aromatic heterocycles. The Bertz CT molecular complexity index is 322. The predicted octanol–water partition coefficient (Wildman–Crippen LogP) is 3.58. The summed E-state index contributed by atoms with van der Waals surface area (Å²) in [5.74, 6) is -0.208. The number of hydrogen-bond acceptors (Lipinski definition) is 2. The van der Waals surface area contributed by atoms with Crippen LogP contribution in [-0.2, 0) is 4.79 Å². The lowest BCUT2D eigenvalue weighted by Gasteiger charge is -2.32. The largest absolute Gasteiger partial charge is 0.406 e. The summed E-state index contributed by atoms with van der Waals surface area (Å²) in [6, 6.07) is -0.457. The number of halogens is 3. The van der Waals surface area contributed by atoms with Crippen LogP contribution in [-0.4, -0.2) is 36.1 Å². The molecule has 0 saturated heterocycles. The third-order valence-electron chi connectivity index (χ3n) is 3.74. The van der Waals surface area contributed by atoms with Crippen LogP contribution in [0.3, 0.4) is 0 Å². The number of alkyl halides is 3. The molecular formula is C15H29F3N2O. The van der Waals surface area contributed by atoms with Crippen molar-refractivity contribution in [2.24, 2.45) is 17.1 Å². The van der Waals surface area contributed by atoms with E-state index in [1.807, 2.05) is 0 Å². The van der Waals surface area contributed by atoms with Crippen molar-refractivity contribution in [3.8, 4) is 0 Å². The molecule has 0 bridgehead atoms. The van der Waals surface area contributed by atoms with Gasteiger partial charge in [-0.25, -0.2) is 0 Å². The van der Waals surface area contributed by atoms with E-state index in [4.69, 9.17) is 5.73 Å². The van der Waals surface area contributed by atoms with Crippen molar-refractivity contribution in [3.63, 3.8) is 0 Å². The fourth-order valence-electron chi connectivity index (χ4n) is 2.40. The van der Waals surface area contributed by atoms with Crippen molar-refractivity contribution in [1.29, 1.82) is 0 Å². The number of rotatable bonds is 7. The van der Waals surface area contributed by atoms with Crippen LogP contribution < -0.4 is 5.73 Å². The lowest BCUT2D eigenvalue weighted by Crippen LogP contribution is -2.43. The first kappa shape index (κ1) is 20.2. The Kier molecular flexibility index (Phi) is 7.71. The van der Waals surface area contributed by atoms with Crippen molar-refractivity contribution in [2.75, 3.05) is 13.1 Å². The molecule has 1 amide bonds. The van der Waals surface area contributed by atoms with Crippen molar-refractivity contribution in [2.45, 2.75) is 66.1 Å². The van der Waals surface area contributed by atoms with Gasteiger partial charge < -0.3 is 10.6 Å². The molecule has 21 heavy (non-hydrogen) atoms. The van der Waals surface area contributed by atoms with Gasteiger partial charge in [0.2, 0.25) is 5.91 Å². The maximum Gasteiger partial charge on any atom is 0.406 e. The average Bonchev–Trinajstić information content (AvgIpc) is 2.28. The van der Waals surface area contributed by atoms with Gasteiger partial charge in [-0.1, -0.05) is 20.8 Å². The van der Waals surface area contributed by atoms with Crippen molar-refractivity contribution in [3.05, 3.63) is 0 Å². The van der Waals surface area contributed by atoms with E-state index >= 15 is 0 Å². The second-order valence-corrected chi connectivity index (χ2v) is 6.91. The lowest BCUT2D eigenvalue weighted by molar-refractivity contribution is -0.164. The van der Waals surface area contributed by atoms with Gasteiger partial charge in [-0.05, 0) is 44.6 Å². The molecule has 6 heteroatoms. The van der Waals surface area contributed by atoms with Gasteiger partial charge in [0.25, 0.3) is 0 Å². The Hall–Kier alpha value is -0.780. The molecule has 0 aromatic carbocycles. The number of carbonyl (C=O) groups excluding carboxylic acids is 1. The fourth-order valence-corrected chi connectivity index (χ4v) is 2.40. The molecule has 0 radical (unpaired) electrons. The summed E-state index contributed by atoms with van der Waals surface area (Å²) >= 11 is 0. The van der Waals surface area contributed by atoms with Crippen LogP contribution in [0.15, 0.2) is 0 Å². The molecule has 126 valence electrons. The molecular weight excluding hydrogens is 281 g/mol. The van der Waals surface area contributed by atoms with Crippen LogP contribution in [0.4, 0.5) is 13.2 Å². The molecule has 0 rings (SSSR count). The standard InChI is InChI=1S/C15H29F3N2O/c1-11(2)20(10-15(16,17)18)13(21)7-6-12(8-9-19)14(3,4)5/h11-12H,6-10,19H2,1-5H3. The summed E-state index contributed by atoms with van der Waals surface area (Å²) in [4.78, 5) is 13.0. The topological polar surface area (TPSA) is 46.3 Å². The van der Waals surface area contributed by atoms with Gasteiger partial charge >= 0.3 is 6.18 Å². The molecule has 0 aliphatic heterocycles. The molecule has 0 aliphatic rings. The van der Waals surface area contributed by atoms with Gasteiger partial charge in [0, 0.05) is 12.5 Å². The van der Waals surface area contributed by atoms with Crippen molar-refractivity contribution >= 4 is 5.91 Å². The van der Waals surface area contributed by atoms with Gasteiger partial charge in [-0.15, -0.1) is 0 Å². The molecule has 2 N–H and O–H groups in total. The minimum absolute atomic E-state index is 0.00760. The first-order valence-corrected chi connectivity index (χ1v) is 7.44. The number of carbonyl (C=O) groups is 1. The fraction of sp³-hybridized carbons (Fsp3) is 0.933. The highest BCUT2D eigenvalue weighted by Gasteiger charge is 2.34. The summed E-state index contributed by atoms with van der Waals surface area (Å²) in [6.45, 7) is 8.73. The van der Waals surface area contributed by atoms with E-state index in [2.05, 4.69) is 20.8 Å². The van der Waals surface area contributed by atoms with Crippen LogP contribution in [0, 0.1) is 11.3 Å². The third-order valence-corrected chi connectivity index (χ3v) is 3.74. The van der Waals surface area contributed by atoms with E-state index in [1.165, 1.54) is 0 Å². The predicted molar refractivity (Wildman–Crippen MR) is 78.8 cm³/mol. The van der Waals surface area contributed by atoms with Gasteiger partial charge in [0.15, 0.2) is 0 Å². The first-order valence-electron chi connectivity index (χ1n) is 7.44. The smallest absolute Gasteiger partial charge is 0.331 e. The van der Waals surface area contributed by atoms with E-state index in [1.54, 1.807) is 13.8 Å². The maximum absolute atomic E-state index is 12.5. The number of nitrogens with zero attached hydrogens (tertiary/aromatic N) is 1. The Morgan fingerprint density at radius 3 is 2.00 bits per heavy atom. The summed E-state index contributed by atoms with van der Waals surface area (Å²) in [7, 11) is 0. The Labute approximate surface area is 126 Å².